The van der Waals surface area contributed by atoms with Crippen molar-refractivity contribution < 1.29 is 9.84 Å². The first-order chi connectivity index (χ1) is 7.61. The second-order valence-electron chi connectivity index (χ2n) is 3.73. The smallest absolute Gasteiger partial charge is 0.330 e. The Morgan fingerprint density at radius 3 is 2.94 bits per heavy atom. The van der Waals surface area contributed by atoms with Gasteiger partial charge in [-0.1, -0.05) is 0 Å². The first-order valence-electron chi connectivity index (χ1n) is 4.95. The van der Waals surface area contributed by atoms with Gasteiger partial charge in [0.2, 0.25) is 0 Å². The van der Waals surface area contributed by atoms with Gasteiger partial charge in [0, 0.05) is 24.7 Å². The fraction of sp³-hybridized carbons (Fsp3) is 0.556. The van der Waals surface area contributed by atoms with Gasteiger partial charge < -0.3 is 15.6 Å². The SMILES string of the molecule is N[C@@H]1C[C@@H](n2ccc(=O)[nH]c2=O)O[C@H]1CO. The number of nitrogens with one attached hydrogen (secondary N) is 1. The minimum Gasteiger partial charge on any atom is -0.394 e. The number of hydrogen-bond acceptors (Lipinski definition) is 5. The van der Waals surface area contributed by atoms with Crippen LogP contribution in [0.2, 0.25) is 0 Å². The second-order valence-corrected chi connectivity index (χ2v) is 3.73. The molecule has 0 spiro atoms. The average Bonchev–Trinajstić information content (AvgIpc) is 2.59. The summed E-state index contributed by atoms with van der Waals surface area (Å²) in [5, 5.41) is 8.96. The topological polar surface area (TPSA) is 110 Å². The Kier molecular flexibility index (Phi) is 2.90. The van der Waals surface area contributed by atoms with Crippen LogP contribution in [0, 0.1) is 0 Å². The predicted octanol–water partition coefficient (Wildman–Crippen LogP) is -1.86. The third-order valence-corrected chi connectivity index (χ3v) is 2.62. The molecule has 1 aromatic heterocycles. The molecule has 16 heavy (non-hydrogen) atoms. The lowest BCUT2D eigenvalue weighted by atomic mass is 10.1. The van der Waals surface area contributed by atoms with Gasteiger partial charge in [-0.3, -0.25) is 14.3 Å². The number of H-pyrrole nitrogens is 1. The molecule has 1 saturated heterocycles. The lowest BCUT2D eigenvalue weighted by Crippen LogP contribution is -2.32. The molecule has 7 nitrogen and oxygen atoms in total. The standard InChI is InChI=1S/C9H13N3O4/c10-5-3-8(16-6(5)4-13)12-2-1-7(14)11-9(12)15/h1-2,5-6,8,13H,3-4,10H2,(H,11,14,15)/t5-,6+,8+/m1/s1. The van der Waals surface area contributed by atoms with Crippen LogP contribution in [-0.4, -0.2) is 33.4 Å². The molecule has 4 N–H and O–H groups in total. The van der Waals surface area contributed by atoms with Crippen molar-refractivity contribution in [1.29, 1.82) is 0 Å². The van der Waals surface area contributed by atoms with E-state index in [-0.39, 0.29) is 12.6 Å². The Bertz CT molecular complexity index is 480. The molecule has 1 fully saturated rings. The zero-order valence-electron chi connectivity index (χ0n) is 8.50. The van der Waals surface area contributed by atoms with Gasteiger partial charge in [-0.15, -0.1) is 0 Å². The summed E-state index contributed by atoms with van der Waals surface area (Å²) in [7, 11) is 0. The molecule has 0 aliphatic carbocycles. The molecule has 0 aromatic carbocycles. The maximum Gasteiger partial charge on any atom is 0.330 e. The number of aliphatic hydroxyl groups is 1. The number of nitrogens with zero attached hydrogens (tertiary/aromatic N) is 1. The summed E-state index contributed by atoms with van der Waals surface area (Å²) in [6.07, 6.45) is 0.787. The summed E-state index contributed by atoms with van der Waals surface area (Å²) < 4.78 is 6.66. The van der Waals surface area contributed by atoms with Crippen LogP contribution in [0.4, 0.5) is 0 Å². The van der Waals surface area contributed by atoms with Crippen LogP contribution >= 0.6 is 0 Å². The van der Waals surface area contributed by atoms with E-state index in [9.17, 15) is 9.59 Å². The van der Waals surface area contributed by atoms with Crippen molar-refractivity contribution in [2.45, 2.75) is 24.8 Å². The minimum absolute atomic E-state index is 0.185. The normalized spacial score (nSPS) is 29.5. The van der Waals surface area contributed by atoms with Crippen molar-refractivity contribution in [3.63, 3.8) is 0 Å². The van der Waals surface area contributed by atoms with E-state index < -0.39 is 23.6 Å². The van der Waals surface area contributed by atoms with Crippen molar-refractivity contribution >= 4 is 0 Å². The van der Waals surface area contributed by atoms with Crippen molar-refractivity contribution in [2.75, 3.05) is 6.61 Å². The molecule has 0 saturated carbocycles. The van der Waals surface area contributed by atoms with Crippen LogP contribution in [0.3, 0.4) is 0 Å². The molecular formula is C9H13N3O4. The van der Waals surface area contributed by atoms with Gasteiger partial charge in [0.1, 0.15) is 6.23 Å². The highest BCUT2D eigenvalue weighted by atomic mass is 16.5. The number of aromatic amines is 1. The Hall–Kier alpha value is -1.44. The van der Waals surface area contributed by atoms with Crippen LogP contribution in [0.5, 0.6) is 0 Å². The second kappa shape index (κ2) is 4.20. The molecule has 0 unspecified atom stereocenters. The van der Waals surface area contributed by atoms with E-state index in [1.807, 2.05) is 0 Å². The third kappa shape index (κ3) is 1.92. The fourth-order valence-corrected chi connectivity index (χ4v) is 1.75. The van der Waals surface area contributed by atoms with Crippen molar-refractivity contribution in [1.82, 2.24) is 9.55 Å². The summed E-state index contributed by atoms with van der Waals surface area (Å²) in [6.45, 7) is -0.185. The first-order valence-corrected chi connectivity index (χ1v) is 4.95. The van der Waals surface area contributed by atoms with E-state index in [4.69, 9.17) is 15.6 Å². The van der Waals surface area contributed by atoms with Crippen LogP contribution in [0.25, 0.3) is 0 Å². The molecule has 1 aliphatic heterocycles. The van der Waals surface area contributed by atoms with Crippen molar-refractivity contribution in [3.8, 4) is 0 Å². The highest BCUT2D eigenvalue weighted by Gasteiger charge is 2.33. The fourth-order valence-electron chi connectivity index (χ4n) is 1.75. The maximum absolute atomic E-state index is 11.5. The summed E-state index contributed by atoms with van der Waals surface area (Å²) in [6, 6.07) is 0.927. The highest BCUT2D eigenvalue weighted by molar-refractivity contribution is 4.89. The maximum atomic E-state index is 11.5. The molecule has 88 valence electrons. The summed E-state index contributed by atoms with van der Waals surface area (Å²) in [4.78, 5) is 24.5. The van der Waals surface area contributed by atoms with E-state index in [2.05, 4.69) is 4.98 Å². The summed E-state index contributed by atoms with van der Waals surface area (Å²) >= 11 is 0. The van der Waals surface area contributed by atoms with E-state index in [0.717, 1.165) is 0 Å². The van der Waals surface area contributed by atoms with Crippen LogP contribution in [-0.2, 0) is 4.74 Å². The van der Waals surface area contributed by atoms with E-state index >= 15 is 0 Å². The summed E-state index contributed by atoms with van der Waals surface area (Å²) in [5.74, 6) is 0. The predicted molar refractivity (Wildman–Crippen MR) is 54.9 cm³/mol. The van der Waals surface area contributed by atoms with Gasteiger partial charge in [0.05, 0.1) is 12.7 Å². The van der Waals surface area contributed by atoms with E-state index in [0.29, 0.717) is 6.42 Å². The highest BCUT2D eigenvalue weighted by Crippen LogP contribution is 2.25. The first kappa shape index (κ1) is 11.1. The summed E-state index contributed by atoms with van der Waals surface area (Å²) in [5.41, 5.74) is 4.73. The van der Waals surface area contributed by atoms with Crippen LogP contribution < -0.4 is 17.0 Å². The molecule has 0 radical (unpaired) electrons. The zero-order chi connectivity index (χ0) is 11.7. The Morgan fingerprint density at radius 1 is 1.62 bits per heavy atom. The van der Waals surface area contributed by atoms with Gasteiger partial charge in [0.25, 0.3) is 5.56 Å². The molecular weight excluding hydrogens is 214 g/mol. The number of hydrogen-bond donors (Lipinski definition) is 3. The molecule has 1 aliphatic rings. The largest absolute Gasteiger partial charge is 0.394 e. The van der Waals surface area contributed by atoms with Gasteiger partial charge in [0.15, 0.2) is 0 Å². The van der Waals surface area contributed by atoms with E-state index in [1.165, 1.54) is 16.8 Å². The number of aromatic nitrogens is 2. The van der Waals surface area contributed by atoms with Gasteiger partial charge in [-0.25, -0.2) is 4.79 Å². The molecule has 3 atom stereocenters. The lowest BCUT2D eigenvalue weighted by Gasteiger charge is -2.13. The number of rotatable bonds is 2. The molecule has 1 aromatic rings. The molecule has 2 rings (SSSR count). The molecule has 7 heteroatoms. The third-order valence-electron chi connectivity index (χ3n) is 2.62. The Balaban J connectivity index is 2.27. The van der Waals surface area contributed by atoms with Gasteiger partial charge >= 0.3 is 5.69 Å². The number of nitrogens with two attached hydrogens (primary N) is 1. The number of ether oxygens (including phenoxy) is 1. The monoisotopic (exact) mass is 227 g/mol. The lowest BCUT2D eigenvalue weighted by molar-refractivity contribution is -0.0271. The zero-order valence-corrected chi connectivity index (χ0v) is 8.50. The van der Waals surface area contributed by atoms with Crippen LogP contribution in [0.1, 0.15) is 12.6 Å². The minimum atomic E-state index is -0.539. The molecule has 0 amide bonds. The average molecular weight is 227 g/mol. The Labute approximate surface area is 90.5 Å². The molecule has 2 heterocycles. The van der Waals surface area contributed by atoms with E-state index in [1.54, 1.807) is 0 Å². The van der Waals surface area contributed by atoms with Gasteiger partial charge in [-0.05, 0) is 0 Å². The Morgan fingerprint density at radius 2 is 2.38 bits per heavy atom. The molecule has 0 bridgehead atoms. The number of aliphatic hydroxyl groups excluding tert-OH is 1. The van der Waals surface area contributed by atoms with Crippen molar-refractivity contribution in [3.05, 3.63) is 33.1 Å². The van der Waals surface area contributed by atoms with Gasteiger partial charge in [-0.2, -0.15) is 0 Å². The quantitative estimate of drug-likeness (QED) is 0.549. The van der Waals surface area contributed by atoms with Crippen LogP contribution in [0.15, 0.2) is 21.9 Å². The van der Waals surface area contributed by atoms with Crippen molar-refractivity contribution in [2.24, 2.45) is 5.73 Å².